The van der Waals surface area contributed by atoms with E-state index in [1.54, 1.807) is 14.2 Å². The number of rotatable bonds is 8. The molecule has 2 aromatic rings. The molecule has 5 nitrogen and oxygen atoms in total. The van der Waals surface area contributed by atoms with Crippen LogP contribution in [0.15, 0.2) is 48.5 Å². The summed E-state index contributed by atoms with van der Waals surface area (Å²) in [5.74, 6) is 2.17. The first kappa shape index (κ1) is 24.8. The predicted octanol–water partition coefficient (Wildman–Crippen LogP) is 4.89. The Bertz CT molecular complexity index is 967. The molecule has 2 aliphatic rings. The van der Waals surface area contributed by atoms with Crippen molar-refractivity contribution in [1.29, 1.82) is 0 Å². The maximum absolute atomic E-state index is 5.68. The molecule has 0 bridgehead atoms. The second-order valence-electron chi connectivity index (χ2n) is 10.2. The van der Waals surface area contributed by atoms with Crippen molar-refractivity contribution in [2.45, 2.75) is 63.6 Å². The summed E-state index contributed by atoms with van der Waals surface area (Å²) in [6.45, 7) is 7.37. The van der Waals surface area contributed by atoms with Crippen LogP contribution in [-0.2, 0) is 12.0 Å². The summed E-state index contributed by atoms with van der Waals surface area (Å²) in [5, 5.41) is 7.80. The molecular formula is C28H39N3O2S. The van der Waals surface area contributed by atoms with Gasteiger partial charge in [-0.2, -0.15) is 0 Å². The number of nitrogens with one attached hydrogen (secondary N) is 2. The largest absolute Gasteiger partial charge is 0.493 e. The quantitative estimate of drug-likeness (QED) is 0.524. The van der Waals surface area contributed by atoms with E-state index in [4.69, 9.17) is 21.7 Å². The Labute approximate surface area is 210 Å². The van der Waals surface area contributed by atoms with Gasteiger partial charge in [0.25, 0.3) is 0 Å². The molecule has 2 aromatic carbocycles. The first-order valence-corrected chi connectivity index (χ1v) is 12.9. The summed E-state index contributed by atoms with van der Waals surface area (Å²) in [7, 11) is 3.42. The number of benzene rings is 2. The van der Waals surface area contributed by atoms with Crippen LogP contribution in [0.1, 0.15) is 50.7 Å². The molecule has 0 amide bonds. The Morgan fingerprint density at radius 2 is 1.85 bits per heavy atom. The molecule has 6 heteroatoms. The Kier molecular flexibility index (Phi) is 7.99. The molecular weight excluding hydrogens is 442 g/mol. The minimum atomic E-state index is 0.111. The lowest BCUT2D eigenvalue weighted by atomic mass is 9.65. The lowest BCUT2D eigenvalue weighted by Gasteiger charge is -2.46. The number of hydrogen-bond acceptors (Lipinski definition) is 4. The van der Waals surface area contributed by atoms with Crippen molar-refractivity contribution in [3.05, 3.63) is 59.7 Å². The van der Waals surface area contributed by atoms with Crippen LogP contribution in [0, 0.1) is 5.92 Å². The molecule has 0 radical (unpaired) electrons. The van der Waals surface area contributed by atoms with Gasteiger partial charge in [-0.15, -0.1) is 0 Å². The van der Waals surface area contributed by atoms with Gasteiger partial charge in [0.15, 0.2) is 16.6 Å². The maximum atomic E-state index is 5.68. The van der Waals surface area contributed by atoms with E-state index in [1.165, 1.54) is 11.1 Å². The monoisotopic (exact) mass is 481 g/mol. The minimum Gasteiger partial charge on any atom is -0.493 e. The van der Waals surface area contributed by atoms with E-state index in [1.807, 2.05) is 0 Å². The van der Waals surface area contributed by atoms with E-state index in [-0.39, 0.29) is 5.41 Å². The number of fused-ring (bicyclic) bond motifs is 1. The lowest BCUT2D eigenvalue weighted by molar-refractivity contribution is 0.134. The van der Waals surface area contributed by atoms with Gasteiger partial charge in [0, 0.05) is 30.6 Å². The zero-order valence-electron chi connectivity index (χ0n) is 21.0. The average Bonchev–Trinajstić information content (AvgIpc) is 3.21. The molecule has 1 heterocycles. The molecule has 1 saturated carbocycles. The fourth-order valence-corrected chi connectivity index (χ4v) is 6.05. The highest BCUT2D eigenvalue weighted by Crippen LogP contribution is 2.50. The summed E-state index contributed by atoms with van der Waals surface area (Å²) in [6, 6.07) is 18.2. The van der Waals surface area contributed by atoms with Gasteiger partial charge < -0.3 is 20.1 Å². The summed E-state index contributed by atoms with van der Waals surface area (Å²) in [5.41, 5.74) is 2.85. The Hall–Kier alpha value is -2.31. The van der Waals surface area contributed by atoms with Crippen LogP contribution in [0.3, 0.4) is 0 Å². The second-order valence-corrected chi connectivity index (χ2v) is 10.6. The molecule has 4 rings (SSSR count). The van der Waals surface area contributed by atoms with Crippen molar-refractivity contribution in [1.82, 2.24) is 15.5 Å². The normalized spacial score (nSPS) is 24.5. The Balaban J connectivity index is 1.59. The number of hydrogen-bond donors (Lipinski definition) is 2. The molecule has 0 unspecified atom stereocenters. The minimum absolute atomic E-state index is 0.111. The fraction of sp³-hybridized carbons (Fsp3) is 0.536. The second kappa shape index (κ2) is 11.0. The fourth-order valence-electron chi connectivity index (χ4n) is 5.80. The Morgan fingerprint density at radius 3 is 2.56 bits per heavy atom. The number of methoxy groups -OCH3 is 2. The molecule has 184 valence electrons. The van der Waals surface area contributed by atoms with Gasteiger partial charge in [0.05, 0.1) is 14.2 Å². The number of nitrogens with zero attached hydrogens (tertiary/aromatic N) is 1. The highest BCUT2D eigenvalue weighted by molar-refractivity contribution is 7.80. The van der Waals surface area contributed by atoms with Crippen LogP contribution in [-0.4, -0.2) is 49.4 Å². The van der Waals surface area contributed by atoms with Gasteiger partial charge in [-0.1, -0.05) is 50.2 Å². The first-order valence-electron chi connectivity index (χ1n) is 12.5. The third kappa shape index (κ3) is 5.33. The van der Waals surface area contributed by atoms with E-state index in [0.29, 0.717) is 18.0 Å². The lowest BCUT2D eigenvalue weighted by Crippen LogP contribution is -2.53. The van der Waals surface area contributed by atoms with Crippen LogP contribution in [0.2, 0.25) is 0 Å². The zero-order valence-corrected chi connectivity index (χ0v) is 21.8. The van der Waals surface area contributed by atoms with Crippen molar-refractivity contribution in [3.63, 3.8) is 0 Å². The van der Waals surface area contributed by atoms with Crippen LogP contribution in [0.5, 0.6) is 11.5 Å². The Morgan fingerprint density at radius 1 is 1.09 bits per heavy atom. The van der Waals surface area contributed by atoms with E-state index in [2.05, 4.69) is 77.9 Å². The van der Waals surface area contributed by atoms with Gasteiger partial charge in [-0.05, 0) is 73.6 Å². The molecule has 3 atom stereocenters. The molecule has 2 N–H and O–H groups in total. The molecule has 2 fully saturated rings. The maximum Gasteiger partial charge on any atom is 0.166 e. The highest BCUT2D eigenvalue weighted by atomic mass is 32.1. The number of ether oxygens (including phenoxy) is 2. The van der Waals surface area contributed by atoms with E-state index < -0.39 is 0 Å². The first-order chi connectivity index (χ1) is 16.4. The molecule has 0 spiro atoms. The topological polar surface area (TPSA) is 45.8 Å². The number of thiocarbonyl (C=S) groups is 1. The third-order valence-corrected chi connectivity index (χ3v) is 7.83. The summed E-state index contributed by atoms with van der Waals surface area (Å²) >= 11 is 5.62. The van der Waals surface area contributed by atoms with Crippen molar-refractivity contribution in [2.75, 3.05) is 27.3 Å². The smallest absolute Gasteiger partial charge is 0.166 e. The molecule has 0 aromatic heterocycles. The summed E-state index contributed by atoms with van der Waals surface area (Å²) < 4.78 is 11.2. The van der Waals surface area contributed by atoms with E-state index in [9.17, 15) is 0 Å². The van der Waals surface area contributed by atoms with Gasteiger partial charge >= 0.3 is 0 Å². The van der Waals surface area contributed by atoms with Crippen molar-refractivity contribution < 1.29 is 9.47 Å². The standard InChI is InChI=1S/C28H39N3O2S/c1-20(2)18-29-27(34)30-23-12-13-28(22-10-11-24(32-3)25(16-22)33-4)14-15-31(26(28)17-23)19-21-8-6-5-7-9-21/h5-11,16,20,23,26H,12-15,17-19H2,1-4H3,(H2,29,30,34)/t23-,26+,28+/m1/s1. The third-order valence-electron chi connectivity index (χ3n) is 7.56. The highest BCUT2D eigenvalue weighted by Gasteiger charge is 2.51. The average molecular weight is 482 g/mol. The van der Waals surface area contributed by atoms with Gasteiger partial charge in [0.2, 0.25) is 0 Å². The van der Waals surface area contributed by atoms with Crippen LogP contribution >= 0.6 is 12.2 Å². The predicted molar refractivity (Wildman–Crippen MR) is 143 cm³/mol. The summed E-state index contributed by atoms with van der Waals surface area (Å²) in [4.78, 5) is 2.68. The zero-order chi connectivity index (χ0) is 24.1. The van der Waals surface area contributed by atoms with Crippen LogP contribution in [0.25, 0.3) is 0 Å². The van der Waals surface area contributed by atoms with Crippen molar-refractivity contribution in [3.8, 4) is 11.5 Å². The van der Waals surface area contributed by atoms with Gasteiger partial charge in [-0.25, -0.2) is 0 Å². The number of likely N-dealkylation sites (tertiary alicyclic amines) is 1. The van der Waals surface area contributed by atoms with E-state index >= 15 is 0 Å². The van der Waals surface area contributed by atoms with Crippen molar-refractivity contribution in [2.24, 2.45) is 5.92 Å². The SMILES string of the molecule is COc1ccc([C@@]23CC[C@@H](NC(=S)NCC(C)C)C[C@@H]2N(Cc2ccccc2)CC3)cc1OC. The van der Waals surface area contributed by atoms with Crippen molar-refractivity contribution >= 4 is 17.3 Å². The molecule has 1 aliphatic carbocycles. The summed E-state index contributed by atoms with van der Waals surface area (Å²) in [6.07, 6.45) is 4.46. The van der Waals surface area contributed by atoms with Gasteiger partial charge in [-0.3, -0.25) is 4.90 Å². The van der Waals surface area contributed by atoms with Gasteiger partial charge in [0.1, 0.15) is 0 Å². The van der Waals surface area contributed by atoms with Crippen LogP contribution < -0.4 is 20.1 Å². The molecule has 1 saturated heterocycles. The molecule has 34 heavy (non-hydrogen) atoms. The van der Waals surface area contributed by atoms with E-state index in [0.717, 1.165) is 61.9 Å². The molecule has 1 aliphatic heterocycles. The van der Waals surface area contributed by atoms with Crippen LogP contribution in [0.4, 0.5) is 0 Å².